The maximum atomic E-state index is 10.5. The summed E-state index contributed by atoms with van der Waals surface area (Å²) in [6.45, 7) is 5.27. The van der Waals surface area contributed by atoms with Gasteiger partial charge in [-0.2, -0.15) is 0 Å². The lowest BCUT2D eigenvalue weighted by Crippen LogP contribution is -2.46. The first-order valence-corrected chi connectivity index (χ1v) is 6.09. The fraction of sp³-hybridized carbons (Fsp3) is 0.571. The van der Waals surface area contributed by atoms with Gasteiger partial charge >= 0.3 is 0 Å². The van der Waals surface area contributed by atoms with Crippen LogP contribution < -0.4 is 5.32 Å². The number of aliphatic hydroxyl groups is 1. The van der Waals surface area contributed by atoms with Crippen LogP contribution in [-0.4, -0.2) is 23.8 Å². The van der Waals surface area contributed by atoms with Crippen molar-refractivity contribution in [2.24, 2.45) is 0 Å². The Balaban J connectivity index is 2.17. The van der Waals surface area contributed by atoms with Gasteiger partial charge in [0.05, 0.1) is 6.10 Å². The summed E-state index contributed by atoms with van der Waals surface area (Å²) in [5.74, 6) is 0. The van der Waals surface area contributed by atoms with Gasteiger partial charge in [-0.05, 0) is 24.9 Å². The highest BCUT2D eigenvalue weighted by Gasteiger charge is 2.36. The lowest BCUT2D eigenvalue weighted by atomic mass is 9.76. The lowest BCUT2D eigenvalue weighted by Gasteiger charge is -2.35. The Kier molecular flexibility index (Phi) is 3.31. The zero-order chi connectivity index (χ0) is 11.6. The molecule has 0 spiro atoms. The molecule has 1 fully saturated rings. The van der Waals surface area contributed by atoms with E-state index in [0.29, 0.717) is 0 Å². The van der Waals surface area contributed by atoms with Crippen molar-refractivity contribution in [3.63, 3.8) is 0 Å². The Labute approximate surface area is 97.7 Å². The van der Waals surface area contributed by atoms with Crippen LogP contribution in [0.4, 0.5) is 0 Å². The molecule has 1 aliphatic heterocycles. The number of hydrogen-bond donors (Lipinski definition) is 2. The monoisotopic (exact) mass is 219 g/mol. The zero-order valence-electron chi connectivity index (χ0n) is 10.1. The van der Waals surface area contributed by atoms with Gasteiger partial charge in [0.1, 0.15) is 0 Å². The van der Waals surface area contributed by atoms with Crippen LogP contribution in [0.15, 0.2) is 30.3 Å². The van der Waals surface area contributed by atoms with E-state index in [-0.39, 0.29) is 17.6 Å². The summed E-state index contributed by atoms with van der Waals surface area (Å²) in [6.07, 6.45) is 1.93. The predicted molar refractivity (Wildman–Crippen MR) is 66.5 cm³/mol. The van der Waals surface area contributed by atoms with Gasteiger partial charge in [0.15, 0.2) is 0 Å². The molecule has 1 aromatic rings. The highest BCUT2D eigenvalue weighted by atomic mass is 16.3. The van der Waals surface area contributed by atoms with E-state index in [4.69, 9.17) is 0 Å². The van der Waals surface area contributed by atoms with Crippen molar-refractivity contribution in [3.8, 4) is 0 Å². The molecule has 2 atom stereocenters. The molecule has 1 saturated heterocycles. The molecule has 2 rings (SSSR count). The average Bonchev–Trinajstić information content (AvgIpc) is 2.82. The van der Waals surface area contributed by atoms with Crippen LogP contribution >= 0.6 is 0 Å². The minimum Gasteiger partial charge on any atom is -0.391 e. The van der Waals surface area contributed by atoms with E-state index < -0.39 is 0 Å². The average molecular weight is 219 g/mol. The van der Waals surface area contributed by atoms with Crippen molar-refractivity contribution in [3.05, 3.63) is 35.9 Å². The van der Waals surface area contributed by atoms with Crippen LogP contribution in [0.1, 0.15) is 32.3 Å². The van der Waals surface area contributed by atoms with E-state index in [9.17, 15) is 5.11 Å². The third kappa shape index (κ3) is 2.13. The van der Waals surface area contributed by atoms with E-state index in [2.05, 4.69) is 31.3 Å². The molecule has 2 N–H and O–H groups in total. The summed E-state index contributed by atoms with van der Waals surface area (Å²) in [5, 5.41) is 13.8. The maximum absolute atomic E-state index is 10.5. The summed E-state index contributed by atoms with van der Waals surface area (Å²) in [6, 6.07) is 10.5. The van der Waals surface area contributed by atoms with Crippen molar-refractivity contribution >= 4 is 0 Å². The number of hydrogen-bond acceptors (Lipinski definition) is 2. The molecule has 1 heterocycles. The lowest BCUT2D eigenvalue weighted by molar-refractivity contribution is 0.0678. The third-order valence-electron chi connectivity index (χ3n) is 3.74. The molecule has 0 saturated carbocycles. The molecular formula is C14H21NO. The molecule has 0 amide bonds. The summed E-state index contributed by atoms with van der Waals surface area (Å²) in [4.78, 5) is 0. The number of nitrogens with one attached hydrogen (secondary N) is 1. The minimum absolute atomic E-state index is 0.191. The fourth-order valence-corrected chi connectivity index (χ4v) is 2.52. The first kappa shape index (κ1) is 11.6. The van der Waals surface area contributed by atoms with E-state index in [1.54, 1.807) is 0 Å². The van der Waals surface area contributed by atoms with Crippen LogP contribution in [-0.2, 0) is 5.41 Å². The molecule has 1 aliphatic rings. The second kappa shape index (κ2) is 4.56. The van der Waals surface area contributed by atoms with Crippen molar-refractivity contribution in [1.29, 1.82) is 0 Å². The molecular weight excluding hydrogens is 198 g/mol. The third-order valence-corrected chi connectivity index (χ3v) is 3.74. The normalized spacial score (nSPS) is 23.3. The van der Waals surface area contributed by atoms with Gasteiger partial charge in [0.25, 0.3) is 0 Å². The highest BCUT2D eigenvalue weighted by Crippen LogP contribution is 2.30. The number of benzene rings is 1. The van der Waals surface area contributed by atoms with Gasteiger partial charge in [0, 0.05) is 11.5 Å². The molecule has 2 unspecified atom stereocenters. The smallest absolute Gasteiger partial charge is 0.0784 e. The van der Waals surface area contributed by atoms with Gasteiger partial charge in [-0.15, -0.1) is 0 Å². The molecule has 2 heteroatoms. The van der Waals surface area contributed by atoms with E-state index in [1.807, 2.05) is 18.2 Å². The second-order valence-electron chi connectivity index (χ2n) is 5.24. The van der Waals surface area contributed by atoms with Gasteiger partial charge < -0.3 is 10.4 Å². The van der Waals surface area contributed by atoms with Crippen LogP contribution in [0.3, 0.4) is 0 Å². The number of aliphatic hydroxyl groups excluding tert-OH is 1. The predicted octanol–water partition coefficient (Wildman–Crippen LogP) is 2.08. The Hall–Kier alpha value is -0.860. The molecule has 0 aliphatic carbocycles. The highest BCUT2D eigenvalue weighted by molar-refractivity contribution is 5.25. The topological polar surface area (TPSA) is 32.3 Å². The first-order valence-electron chi connectivity index (χ1n) is 6.09. The Morgan fingerprint density at radius 2 is 2.00 bits per heavy atom. The van der Waals surface area contributed by atoms with Crippen molar-refractivity contribution < 1.29 is 5.11 Å². The van der Waals surface area contributed by atoms with E-state index in [1.165, 1.54) is 12.0 Å². The van der Waals surface area contributed by atoms with Crippen molar-refractivity contribution in [2.45, 2.75) is 44.2 Å². The van der Waals surface area contributed by atoms with Crippen LogP contribution in [0.25, 0.3) is 0 Å². The largest absolute Gasteiger partial charge is 0.391 e. The summed E-state index contributed by atoms with van der Waals surface area (Å²) < 4.78 is 0. The van der Waals surface area contributed by atoms with Crippen molar-refractivity contribution in [1.82, 2.24) is 5.32 Å². The number of rotatable bonds is 3. The SMILES string of the molecule is CC(C)(c1ccccc1)C(O)C1CCCN1. The maximum Gasteiger partial charge on any atom is 0.0784 e. The Bertz CT molecular complexity index is 328. The van der Waals surface area contributed by atoms with Crippen LogP contribution in [0.5, 0.6) is 0 Å². The zero-order valence-corrected chi connectivity index (χ0v) is 10.1. The molecule has 88 valence electrons. The van der Waals surface area contributed by atoms with Gasteiger partial charge in [0.2, 0.25) is 0 Å². The molecule has 16 heavy (non-hydrogen) atoms. The van der Waals surface area contributed by atoms with Gasteiger partial charge in [-0.1, -0.05) is 44.2 Å². The molecule has 0 radical (unpaired) electrons. The van der Waals surface area contributed by atoms with E-state index in [0.717, 1.165) is 13.0 Å². The quantitative estimate of drug-likeness (QED) is 0.815. The summed E-state index contributed by atoms with van der Waals surface area (Å²) in [5.41, 5.74) is 1.01. The van der Waals surface area contributed by atoms with Crippen molar-refractivity contribution in [2.75, 3.05) is 6.54 Å². The van der Waals surface area contributed by atoms with Gasteiger partial charge in [-0.3, -0.25) is 0 Å². The Morgan fingerprint density at radius 1 is 1.31 bits per heavy atom. The summed E-state index contributed by atoms with van der Waals surface area (Å²) in [7, 11) is 0. The molecule has 0 bridgehead atoms. The Morgan fingerprint density at radius 3 is 2.56 bits per heavy atom. The molecule has 1 aromatic carbocycles. The fourth-order valence-electron chi connectivity index (χ4n) is 2.52. The second-order valence-corrected chi connectivity index (χ2v) is 5.24. The molecule has 0 aromatic heterocycles. The minimum atomic E-state index is -0.322. The summed E-state index contributed by atoms with van der Waals surface area (Å²) >= 11 is 0. The van der Waals surface area contributed by atoms with E-state index >= 15 is 0 Å². The first-order chi connectivity index (χ1) is 7.62. The van der Waals surface area contributed by atoms with Gasteiger partial charge in [-0.25, -0.2) is 0 Å². The standard InChI is InChI=1S/C14H21NO/c1-14(2,11-7-4-3-5-8-11)13(16)12-9-6-10-15-12/h3-5,7-8,12-13,15-16H,6,9-10H2,1-2H3. The van der Waals surface area contributed by atoms with Crippen LogP contribution in [0.2, 0.25) is 0 Å². The van der Waals surface area contributed by atoms with Crippen LogP contribution in [0, 0.1) is 0 Å². The molecule has 2 nitrogen and oxygen atoms in total.